The Labute approximate surface area is 176 Å². The summed E-state index contributed by atoms with van der Waals surface area (Å²) < 4.78 is 15.4. The molecule has 0 heterocycles. The summed E-state index contributed by atoms with van der Waals surface area (Å²) >= 11 is 0. The highest BCUT2D eigenvalue weighted by Gasteiger charge is 2.30. The zero-order valence-electron chi connectivity index (χ0n) is 18.3. The Morgan fingerprint density at radius 3 is 2.13 bits per heavy atom. The predicted octanol–water partition coefficient (Wildman–Crippen LogP) is 3.01. The highest BCUT2D eigenvalue weighted by molar-refractivity contribution is 6.07. The molecule has 0 aromatic heterocycles. The van der Waals surface area contributed by atoms with Crippen LogP contribution in [0.15, 0.2) is 24.3 Å². The van der Waals surface area contributed by atoms with Crippen LogP contribution in [-0.2, 0) is 23.8 Å². The van der Waals surface area contributed by atoms with E-state index in [1.165, 1.54) is 6.92 Å². The van der Waals surface area contributed by atoms with E-state index in [2.05, 4.69) is 5.32 Å². The molecule has 2 atom stereocenters. The summed E-state index contributed by atoms with van der Waals surface area (Å²) in [5.74, 6) is -1.77. The summed E-state index contributed by atoms with van der Waals surface area (Å²) in [5, 5.41) is 10.4. The fraction of sp³-hybridized carbons (Fsp3) is 0.524. The van der Waals surface area contributed by atoms with Crippen molar-refractivity contribution in [3.05, 3.63) is 29.8 Å². The molecule has 4 N–H and O–H groups in total. The molecule has 0 fully saturated rings. The van der Waals surface area contributed by atoms with Gasteiger partial charge in [0, 0.05) is 18.3 Å². The summed E-state index contributed by atoms with van der Waals surface area (Å²) in [6, 6.07) is 5.54. The van der Waals surface area contributed by atoms with Crippen molar-refractivity contribution in [2.24, 2.45) is 5.92 Å². The van der Waals surface area contributed by atoms with Crippen molar-refractivity contribution in [1.82, 2.24) is 5.32 Å². The van der Waals surface area contributed by atoms with Gasteiger partial charge in [-0.1, -0.05) is 26.0 Å². The maximum Gasteiger partial charge on any atom is 0.408 e. The van der Waals surface area contributed by atoms with Crippen molar-refractivity contribution in [1.29, 1.82) is 5.41 Å². The number of carbonyl (C=O) groups is 3. The van der Waals surface area contributed by atoms with Crippen molar-refractivity contribution < 1.29 is 28.6 Å². The van der Waals surface area contributed by atoms with Crippen LogP contribution in [0.5, 0.6) is 0 Å². The van der Waals surface area contributed by atoms with E-state index in [0.29, 0.717) is 11.3 Å². The van der Waals surface area contributed by atoms with Crippen LogP contribution in [0.1, 0.15) is 53.5 Å². The number of alkyl carbamates (subject to hydrolysis) is 1. The summed E-state index contributed by atoms with van der Waals surface area (Å²) in [7, 11) is 0. The Morgan fingerprint density at radius 2 is 1.63 bits per heavy atom. The molecule has 0 aliphatic heterocycles. The number of nitrogens with two attached hydrogens (primary N) is 1. The molecule has 0 saturated heterocycles. The van der Waals surface area contributed by atoms with Gasteiger partial charge in [-0.3, -0.25) is 4.79 Å². The van der Waals surface area contributed by atoms with Gasteiger partial charge in [-0.15, -0.1) is 0 Å². The molecule has 1 rings (SSSR count). The van der Waals surface area contributed by atoms with E-state index in [-0.39, 0.29) is 18.1 Å². The largest absolute Gasteiger partial charge is 0.444 e. The van der Waals surface area contributed by atoms with Crippen LogP contribution >= 0.6 is 0 Å². The normalized spacial score (nSPS) is 13.2. The lowest BCUT2D eigenvalue weighted by Crippen LogP contribution is -2.48. The van der Waals surface area contributed by atoms with Gasteiger partial charge >= 0.3 is 18.0 Å². The number of nitrogens with one attached hydrogen (secondary N) is 2. The van der Waals surface area contributed by atoms with Crippen molar-refractivity contribution in [2.75, 3.05) is 5.73 Å². The van der Waals surface area contributed by atoms with Crippen molar-refractivity contribution >= 4 is 29.4 Å². The van der Waals surface area contributed by atoms with E-state index in [9.17, 15) is 14.4 Å². The minimum absolute atomic E-state index is 0.0465. The third-order valence-corrected chi connectivity index (χ3v) is 3.75. The van der Waals surface area contributed by atoms with Crippen LogP contribution < -0.4 is 11.1 Å². The van der Waals surface area contributed by atoms with Gasteiger partial charge in [0.2, 0.25) is 6.29 Å². The first kappa shape index (κ1) is 24.9. The maximum atomic E-state index is 12.4. The van der Waals surface area contributed by atoms with E-state index < -0.39 is 36.0 Å². The third kappa shape index (κ3) is 8.93. The molecule has 9 heteroatoms. The van der Waals surface area contributed by atoms with Gasteiger partial charge in [-0.2, -0.15) is 0 Å². The van der Waals surface area contributed by atoms with Crippen LogP contribution in [0, 0.1) is 11.3 Å². The topological polar surface area (TPSA) is 141 Å². The van der Waals surface area contributed by atoms with Gasteiger partial charge in [-0.25, -0.2) is 9.59 Å². The quantitative estimate of drug-likeness (QED) is 0.253. The Hall–Kier alpha value is -3.10. The van der Waals surface area contributed by atoms with Crippen LogP contribution in [0.25, 0.3) is 0 Å². The molecule has 30 heavy (non-hydrogen) atoms. The van der Waals surface area contributed by atoms with Crippen molar-refractivity contribution in [3.8, 4) is 0 Å². The number of anilines is 1. The van der Waals surface area contributed by atoms with Crippen molar-refractivity contribution in [2.45, 2.75) is 65.9 Å². The van der Waals surface area contributed by atoms with Crippen LogP contribution in [0.3, 0.4) is 0 Å². The first-order chi connectivity index (χ1) is 13.8. The number of rotatable bonds is 8. The van der Waals surface area contributed by atoms with Crippen molar-refractivity contribution in [3.63, 3.8) is 0 Å². The molecule has 1 amide bonds. The van der Waals surface area contributed by atoms with E-state index in [1.54, 1.807) is 58.9 Å². The standard InChI is InChI=1S/C21H31N3O6/c1-12(2)18(24-20(27)30-21(4,5)6)19(26)29-13(3)28-17(25)11-16(23)14-7-9-15(22)10-8-14/h7-10,12-13,18,23H,11,22H2,1-6H3,(H,24,27)/t13?,18-/m0/s1. The second-order valence-electron chi connectivity index (χ2n) is 8.14. The van der Waals surface area contributed by atoms with Gasteiger partial charge in [0.05, 0.1) is 6.42 Å². The average molecular weight is 421 g/mol. The molecule has 9 nitrogen and oxygen atoms in total. The van der Waals surface area contributed by atoms with E-state index in [1.807, 2.05) is 0 Å². The molecule has 166 valence electrons. The Kier molecular flexibility index (Phi) is 8.82. The van der Waals surface area contributed by atoms with E-state index in [4.69, 9.17) is 25.4 Å². The second kappa shape index (κ2) is 10.6. The predicted molar refractivity (Wildman–Crippen MR) is 112 cm³/mol. The molecule has 0 radical (unpaired) electrons. The molecule has 0 spiro atoms. The number of hydrogen-bond donors (Lipinski definition) is 3. The molecule has 0 aliphatic rings. The van der Waals surface area contributed by atoms with Gasteiger partial charge in [-0.05, 0) is 44.4 Å². The average Bonchev–Trinajstić information content (AvgIpc) is 2.57. The molecule has 0 saturated carbocycles. The molecule has 0 aliphatic carbocycles. The monoisotopic (exact) mass is 421 g/mol. The summed E-state index contributed by atoms with van der Waals surface area (Å²) in [5.41, 5.74) is 6.02. The highest BCUT2D eigenvalue weighted by atomic mass is 16.7. The first-order valence-electron chi connectivity index (χ1n) is 9.61. The zero-order valence-corrected chi connectivity index (χ0v) is 18.3. The minimum Gasteiger partial charge on any atom is -0.444 e. The lowest BCUT2D eigenvalue weighted by atomic mass is 10.1. The SMILES string of the molecule is CC(OC(=O)CC(=N)c1ccc(N)cc1)OC(=O)[C@@H](NC(=O)OC(C)(C)C)C(C)C. The fourth-order valence-corrected chi connectivity index (χ4v) is 2.35. The van der Waals surface area contributed by atoms with Gasteiger partial charge < -0.3 is 30.7 Å². The van der Waals surface area contributed by atoms with Gasteiger partial charge in [0.1, 0.15) is 11.6 Å². The lowest BCUT2D eigenvalue weighted by molar-refractivity contribution is -0.185. The summed E-state index contributed by atoms with van der Waals surface area (Å²) in [4.78, 5) is 36.4. The van der Waals surface area contributed by atoms with E-state index >= 15 is 0 Å². The zero-order chi connectivity index (χ0) is 23.1. The highest BCUT2D eigenvalue weighted by Crippen LogP contribution is 2.12. The fourth-order valence-electron chi connectivity index (χ4n) is 2.35. The Balaban J connectivity index is 2.59. The van der Waals surface area contributed by atoms with Crippen LogP contribution in [-0.4, -0.2) is 41.7 Å². The number of amides is 1. The lowest BCUT2D eigenvalue weighted by Gasteiger charge is -2.25. The number of nitrogen functional groups attached to an aromatic ring is 1. The summed E-state index contributed by atoms with van der Waals surface area (Å²) in [6.45, 7) is 9.96. The molecule has 1 unspecified atom stereocenters. The smallest absolute Gasteiger partial charge is 0.408 e. The minimum atomic E-state index is -1.19. The van der Waals surface area contributed by atoms with Gasteiger partial charge in [0.25, 0.3) is 0 Å². The Bertz CT molecular complexity index is 768. The number of hydrogen-bond acceptors (Lipinski definition) is 8. The van der Waals surface area contributed by atoms with E-state index in [0.717, 1.165) is 0 Å². The van der Waals surface area contributed by atoms with Crippen LogP contribution in [0.4, 0.5) is 10.5 Å². The Morgan fingerprint density at radius 1 is 1.07 bits per heavy atom. The van der Waals surface area contributed by atoms with Gasteiger partial charge in [0.15, 0.2) is 0 Å². The first-order valence-corrected chi connectivity index (χ1v) is 9.61. The number of carbonyl (C=O) groups excluding carboxylic acids is 3. The molecule has 1 aromatic carbocycles. The number of esters is 2. The maximum absolute atomic E-state index is 12.4. The summed E-state index contributed by atoms with van der Waals surface area (Å²) in [6.07, 6.45) is -2.24. The van der Waals surface area contributed by atoms with Crippen LogP contribution in [0.2, 0.25) is 0 Å². The second-order valence-corrected chi connectivity index (χ2v) is 8.14. The molecular weight excluding hydrogens is 390 g/mol. The number of benzene rings is 1. The number of ether oxygens (including phenoxy) is 3. The molecule has 1 aromatic rings. The molecular formula is C21H31N3O6. The third-order valence-electron chi connectivity index (χ3n) is 3.75. The molecule has 0 bridgehead atoms.